The van der Waals surface area contributed by atoms with Crippen LogP contribution < -0.4 is 5.32 Å². The first kappa shape index (κ1) is 21.4. The van der Waals surface area contributed by atoms with Gasteiger partial charge in [0.15, 0.2) is 5.13 Å². The molecule has 0 unspecified atom stereocenters. The van der Waals surface area contributed by atoms with E-state index in [2.05, 4.69) is 51.3 Å². The van der Waals surface area contributed by atoms with Crippen molar-refractivity contribution >= 4 is 28.3 Å². The van der Waals surface area contributed by atoms with Gasteiger partial charge < -0.3 is 10.1 Å². The Labute approximate surface area is 175 Å². The monoisotopic (exact) mass is 416 g/mol. The van der Waals surface area contributed by atoms with Gasteiger partial charge in [0, 0.05) is 32.7 Å². The lowest BCUT2D eigenvalue weighted by molar-refractivity contribution is -0.117. The van der Waals surface area contributed by atoms with E-state index in [1.165, 1.54) is 11.1 Å². The molecule has 0 atom stereocenters. The lowest BCUT2D eigenvalue weighted by Crippen LogP contribution is -2.48. The van der Waals surface area contributed by atoms with E-state index in [4.69, 9.17) is 4.74 Å². The molecular formula is C21H28N4O3S. The standard InChI is InChI=1S/C21H28N4O3S/c1-4-28-20(27)19-16(3)22-21(29-19)23-18(26)14-25-11-9-24(10-12-25)13-17-8-6-5-7-15(17)2/h5-8H,4,9-14H2,1-3H3,(H,22,23,26). The van der Waals surface area contributed by atoms with Gasteiger partial charge in [-0.2, -0.15) is 0 Å². The highest BCUT2D eigenvalue weighted by molar-refractivity contribution is 7.17. The summed E-state index contributed by atoms with van der Waals surface area (Å²) in [5.74, 6) is -0.505. The molecule has 1 fully saturated rings. The summed E-state index contributed by atoms with van der Waals surface area (Å²) in [7, 11) is 0. The van der Waals surface area contributed by atoms with E-state index < -0.39 is 5.97 Å². The predicted molar refractivity (Wildman–Crippen MR) is 114 cm³/mol. The van der Waals surface area contributed by atoms with E-state index in [1.807, 2.05) is 0 Å². The van der Waals surface area contributed by atoms with Crippen molar-refractivity contribution in [3.63, 3.8) is 0 Å². The third kappa shape index (κ3) is 5.85. The maximum Gasteiger partial charge on any atom is 0.350 e. The third-order valence-corrected chi connectivity index (χ3v) is 6.04. The van der Waals surface area contributed by atoms with Crippen molar-refractivity contribution in [2.45, 2.75) is 27.3 Å². The summed E-state index contributed by atoms with van der Waals surface area (Å²) < 4.78 is 5.01. The Balaban J connectivity index is 1.46. The van der Waals surface area contributed by atoms with E-state index >= 15 is 0 Å². The summed E-state index contributed by atoms with van der Waals surface area (Å²) in [6, 6.07) is 8.46. The second-order valence-corrected chi connectivity index (χ2v) is 8.18. The Hall–Kier alpha value is -2.29. The van der Waals surface area contributed by atoms with Gasteiger partial charge in [0.05, 0.1) is 18.8 Å². The zero-order chi connectivity index (χ0) is 20.8. The number of anilines is 1. The lowest BCUT2D eigenvalue weighted by Gasteiger charge is -2.34. The number of amides is 1. The molecule has 1 aliphatic rings. The van der Waals surface area contributed by atoms with E-state index in [1.54, 1.807) is 13.8 Å². The van der Waals surface area contributed by atoms with Crippen LogP contribution in [0.3, 0.4) is 0 Å². The van der Waals surface area contributed by atoms with Crippen LogP contribution in [0.25, 0.3) is 0 Å². The number of esters is 1. The van der Waals surface area contributed by atoms with Crippen molar-refractivity contribution in [3.05, 3.63) is 46.0 Å². The number of piperazine rings is 1. The van der Waals surface area contributed by atoms with Gasteiger partial charge in [-0.15, -0.1) is 0 Å². The fourth-order valence-corrected chi connectivity index (χ4v) is 4.21. The Morgan fingerprint density at radius 1 is 1.14 bits per heavy atom. The van der Waals surface area contributed by atoms with Crippen molar-refractivity contribution in [2.24, 2.45) is 0 Å². The second-order valence-electron chi connectivity index (χ2n) is 7.18. The number of hydrogen-bond acceptors (Lipinski definition) is 7. The number of rotatable bonds is 7. The molecule has 1 saturated heterocycles. The summed E-state index contributed by atoms with van der Waals surface area (Å²) in [5, 5.41) is 3.25. The van der Waals surface area contributed by atoms with Crippen molar-refractivity contribution < 1.29 is 14.3 Å². The molecule has 0 saturated carbocycles. The van der Waals surface area contributed by atoms with Gasteiger partial charge in [-0.05, 0) is 31.9 Å². The van der Waals surface area contributed by atoms with Crippen LogP contribution in [-0.2, 0) is 16.1 Å². The van der Waals surface area contributed by atoms with Gasteiger partial charge >= 0.3 is 5.97 Å². The predicted octanol–water partition coefficient (Wildman–Crippen LogP) is 2.69. The second kappa shape index (κ2) is 9.96. The largest absolute Gasteiger partial charge is 0.462 e. The van der Waals surface area contributed by atoms with Crippen LogP contribution >= 0.6 is 11.3 Å². The molecule has 0 radical (unpaired) electrons. The molecule has 7 nitrogen and oxygen atoms in total. The minimum Gasteiger partial charge on any atom is -0.462 e. The quantitative estimate of drug-likeness (QED) is 0.700. The normalized spacial score (nSPS) is 15.3. The number of benzene rings is 1. The molecule has 0 spiro atoms. The number of aromatic nitrogens is 1. The number of thiazole rings is 1. The SMILES string of the molecule is CCOC(=O)c1sc(NC(=O)CN2CCN(Cc3ccccc3C)CC2)nc1C. The average Bonchev–Trinajstić information content (AvgIpc) is 3.05. The molecule has 156 valence electrons. The molecule has 1 aliphatic heterocycles. The van der Waals surface area contributed by atoms with Gasteiger partial charge in [0.1, 0.15) is 4.88 Å². The maximum absolute atomic E-state index is 12.4. The average molecular weight is 417 g/mol. The van der Waals surface area contributed by atoms with Crippen LogP contribution in [0.1, 0.15) is 33.4 Å². The number of carbonyl (C=O) groups is 2. The molecule has 2 heterocycles. The molecule has 1 N–H and O–H groups in total. The molecule has 3 rings (SSSR count). The minimum absolute atomic E-state index is 0.110. The molecule has 2 aromatic rings. The van der Waals surface area contributed by atoms with Crippen LogP contribution in [0.4, 0.5) is 5.13 Å². The number of aryl methyl sites for hydroxylation is 2. The van der Waals surface area contributed by atoms with E-state index in [0.29, 0.717) is 28.9 Å². The smallest absolute Gasteiger partial charge is 0.350 e. The summed E-state index contributed by atoms with van der Waals surface area (Å²) in [6.45, 7) is 10.8. The molecule has 1 amide bonds. The molecule has 29 heavy (non-hydrogen) atoms. The first-order valence-corrected chi connectivity index (χ1v) is 10.7. The van der Waals surface area contributed by atoms with E-state index in [-0.39, 0.29) is 5.91 Å². The fraction of sp³-hybridized carbons (Fsp3) is 0.476. The van der Waals surface area contributed by atoms with Crippen LogP contribution in [-0.4, -0.2) is 66.0 Å². The number of ether oxygens (including phenoxy) is 1. The summed E-state index contributed by atoms with van der Waals surface area (Å²) in [6.07, 6.45) is 0. The van der Waals surface area contributed by atoms with Gasteiger partial charge in [-0.3, -0.25) is 14.6 Å². The highest BCUT2D eigenvalue weighted by Gasteiger charge is 2.21. The maximum atomic E-state index is 12.4. The molecule has 1 aromatic heterocycles. The van der Waals surface area contributed by atoms with Crippen LogP contribution in [0, 0.1) is 13.8 Å². The van der Waals surface area contributed by atoms with E-state index in [0.717, 1.165) is 44.1 Å². The Kier molecular flexibility index (Phi) is 7.35. The Morgan fingerprint density at radius 3 is 2.52 bits per heavy atom. The van der Waals surface area contributed by atoms with Gasteiger partial charge in [-0.1, -0.05) is 35.6 Å². The van der Waals surface area contributed by atoms with Crippen LogP contribution in [0.15, 0.2) is 24.3 Å². The Bertz CT molecular complexity index is 859. The molecule has 8 heteroatoms. The van der Waals surface area contributed by atoms with Crippen molar-refractivity contribution in [3.8, 4) is 0 Å². The number of carbonyl (C=O) groups excluding carboxylic acids is 2. The molecule has 0 bridgehead atoms. The molecule has 0 aliphatic carbocycles. The lowest BCUT2D eigenvalue weighted by atomic mass is 10.1. The first-order valence-electron chi connectivity index (χ1n) is 9.90. The number of nitrogens with zero attached hydrogens (tertiary/aromatic N) is 3. The van der Waals surface area contributed by atoms with Crippen molar-refractivity contribution in [1.82, 2.24) is 14.8 Å². The van der Waals surface area contributed by atoms with Crippen LogP contribution in [0.2, 0.25) is 0 Å². The zero-order valence-corrected chi connectivity index (χ0v) is 18.1. The topological polar surface area (TPSA) is 74.8 Å². The van der Waals surface area contributed by atoms with Gasteiger partial charge in [-0.25, -0.2) is 9.78 Å². The number of nitrogens with one attached hydrogen (secondary N) is 1. The number of hydrogen-bond donors (Lipinski definition) is 1. The van der Waals surface area contributed by atoms with Crippen molar-refractivity contribution in [2.75, 3.05) is 44.6 Å². The highest BCUT2D eigenvalue weighted by Crippen LogP contribution is 2.23. The Morgan fingerprint density at radius 2 is 1.83 bits per heavy atom. The van der Waals surface area contributed by atoms with Crippen LogP contribution in [0.5, 0.6) is 0 Å². The highest BCUT2D eigenvalue weighted by atomic mass is 32.1. The third-order valence-electron chi connectivity index (χ3n) is 4.99. The zero-order valence-electron chi connectivity index (χ0n) is 17.2. The molecule has 1 aromatic carbocycles. The van der Waals surface area contributed by atoms with Gasteiger partial charge in [0.25, 0.3) is 0 Å². The summed E-state index contributed by atoms with van der Waals surface area (Å²) >= 11 is 1.16. The van der Waals surface area contributed by atoms with E-state index in [9.17, 15) is 9.59 Å². The fourth-order valence-electron chi connectivity index (χ4n) is 3.33. The van der Waals surface area contributed by atoms with Gasteiger partial charge in [0.2, 0.25) is 5.91 Å². The summed E-state index contributed by atoms with van der Waals surface area (Å²) in [4.78, 5) is 33.6. The first-order chi connectivity index (χ1) is 14.0. The minimum atomic E-state index is -0.396. The summed E-state index contributed by atoms with van der Waals surface area (Å²) in [5.41, 5.74) is 3.25. The van der Waals surface area contributed by atoms with Crippen molar-refractivity contribution in [1.29, 1.82) is 0 Å². The molecular weight excluding hydrogens is 388 g/mol.